The first-order chi connectivity index (χ1) is 9.73. The number of rotatable bonds is 3. The summed E-state index contributed by atoms with van der Waals surface area (Å²) in [6.45, 7) is 5.63. The van der Waals surface area contributed by atoms with Crippen LogP contribution in [0, 0.1) is 20.8 Å². The van der Waals surface area contributed by atoms with Gasteiger partial charge in [-0.2, -0.15) is 0 Å². The van der Waals surface area contributed by atoms with Crippen LogP contribution in [0.5, 0.6) is 0 Å². The first kappa shape index (κ1) is 15.4. The van der Waals surface area contributed by atoms with E-state index in [1.807, 2.05) is 26.0 Å². The second-order valence-electron chi connectivity index (χ2n) is 5.28. The molecule has 0 aliphatic carbocycles. The lowest BCUT2D eigenvalue weighted by atomic mass is 10.2. The Kier molecular flexibility index (Phi) is 3.96. The van der Waals surface area contributed by atoms with E-state index in [0.717, 1.165) is 16.7 Å². The van der Waals surface area contributed by atoms with E-state index in [1.165, 1.54) is 4.31 Å². The van der Waals surface area contributed by atoms with Gasteiger partial charge in [-0.05, 0) is 50.1 Å². The molecule has 0 saturated carbocycles. The van der Waals surface area contributed by atoms with Crippen LogP contribution in [0.3, 0.4) is 0 Å². The van der Waals surface area contributed by atoms with E-state index in [4.69, 9.17) is 5.73 Å². The van der Waals surface area contributed by atoms with Crippen molar-refractivity contribution in [3.8, 4) is 0 Å². The van der Waals surface area contributed by atoms with Gasteiger partial charge in [-0.25, -0.2) is 8.42 Å². The highest BCUT2D eigenvalue weighted by molar-refractivity contribution is 7.92. The molecule has 0 aliphatic heterocycles. The predicted octanol–water partition coefficient (Wildman–Crippen LogP) is 3.02. The predicted molar refractivity (Wildman–Crippen MR) is 87.1 cm³/mol. The van der Waals surface area contributed by atoms with Crippen molar-refractivity contribution in [1.82, 2.24) is 0 Å². The maximum Gasteiger partial charge on any atom is 0.264 e. The number of hydrogen-bond acceptors (Lipinski definition) is 3. The van der Waals surface area contributed by atoms with E-state index in [0.29, 0.717) is 16.3 Å². The SMILES string of the molecule is Cc1ccc(S(=O)(=O)N(C)c2ccc(C)c(N)c2)c(C)c1. The number of aryl methyl sites for hydroxylation is 3. The smallest absolute Gasteiger partial charge is 0.264 e. The topological polar surface area (TPSA) is 63.4 Å². The Balaban J connectivity index is 2.49. The molecule has 0 aliphatic rings. The Morgan fingerprint density at radius 1 is 0.952 bits per heavy atom. The molecule has 0 spiro atoms. The molecule has 21 heavy (non-hydrogen) atoms. The third kappa shape index (κ3) is 2.88. The van der Waals surface area contributed by atoms with Crippen LogP contribution in [-0.4, -0.2) is 15.5 Å². The van der Waals surface area contributed by atoms with Crippen LogP contribution < -0.4 is 10.0 Å². The lowest BCUT2D eigenvalue weighted by Crippen LogP contribution is -2.27. The van der Waals surface area contributed by atoms with Crippen molar-refractivity contribution in [2.75, 3.05) is 17.1 Å². The average molecular weight is 304 g/mol. The van der Waals surface area contributed by atoms with Gasteiger partial charge in [-0.1, -0.05) is 23.8 Å². The van der Waals surface area contributed by atoms with E-state index in [1.54, 1.807) is 38.2 Å². The second-order valence-corrected chi connectivity index (χ2v) is 7.22. The molecule has 0 unspecified atom stereocenters. The number of nitrogens with zero attached hydrogens (tertiary/aromatic N) is 1. The minimum atomic E-state index is -3.59. The summed E-state index contributed by atoms with van der Waals surface area (Å²) in [5.74, 6) is 0. The molecule has 0 bridgehead atoms. The zero-order valence-electron chi connectivity index (χ0n) is 12.7. The summed E-state index contributed by atoms with van der Waals surface area (Å²) in [4.78, 5) is 0.315. The molecule has 2 N–H and O–H groups in total. The molecule has 0 amide bonds. The van der Waals surface area contributed by atoms with Crippen LogP contribution in [0.2, 0.25) is 0 Å². The van der Waals surface area contributed by atoms with Gasteiger partial charge in [0.1, 0.15) is 0 Å². The fraction of sp³-hybridized carbons (Fsp3) is 0.250. The molecule has 2 rings (SSSR count). The van der Waals surface area contributed by atoms with E-state index in [-0.39, 0.29) is 0 Å². The Labute approximate surface area is 126 Å². The van der Waals surface area contributed by atoms with E-state index >= 15 is 0 Å². The van der Waals surface area contributed by atoms with E-state index in [9.17, 15) is 8.42 Å². The van der Waals surface area contributed by atoms with Crippen LogP contribution in [0.1, 0.15) is 16.7 Å². The Hall–Kier alpha value is -2.01. The van der Waals surface area contributed by atoms with Gasteiger partial charge in [0.05, 0.1) is 10.6 Å². The monoisotopic (exact) mass is 304 g/mol. The summed E-state index contributed by atoms with van der Waals surface area (Å²) in [5, 5.41) is 0. The normalized spacial score (nSPS) is 11.4. The number of nitrogens with two attached hydrogens (primary N) is 1. The van der Waals surface area contributed by atoms with Crippen LogP contribution in [-0.2, 0) is 10.0 Å². The van der Waals surface area contributed by atoms with E-state index < -0.39 is 10.0 Å². The maximum absolute atomic E-state index is 12.7. The second kappa shape index (κ2) is 5.41. The van der Waals surface area contributed by atoms with Crippen molar-refractivity contribution < 1.29 is 8.42 Å². The molecule has 0 radical (unpaired) electrons. The summed E-state index contributed by atoms with van der Waals surface area (Å²) in [5.41, 5.74) is 9.70. The lowest BCUT2D eigenvalue weighted by molar-refractivity contribution is 0.594. The molecule has 112 valence electrons. The van der Waals surface area contributed by atoms with Gasteiger partial charge in [-0.3, -0.25) is 4.31 Å². The quantitative estimate of drug-likeness (QED) is 0.887. The third-order valence-electron chi connectivity index (χ3n) is 3.60. The van der Waals surface area contributed by atoms with Crippen LogP contribution in [0.4, 0.5) is 11.4 Å². The molecule has 0 saturated heterocycles. The molecule has 0 fully saturated rings. The third-order valence-corrected chi connectivity index (χ3v) is 5.54. The number of anilines is 2. The van der Waals surface area contributed by atoms with Gasteiger partial charge in [-0.15, -0.1) is 0 Å². The molecule has 0 atom stereocenters. The average Bonchev–Trinajstić information content (AvgIpc) is 2.40. The Morgan fingerprint density at radius 3 is 2.19 bits per heavy atom. The zero-order valence-corrected chi connectivity index (χ0v) is 13.5. The molecule has 0 heterocycles. The van der Waals surface area contributed by atoms with Crippen molar-refractivity contribution in [2.24, 2.45) is 0 Å². The fourth-order valence-electron chi connectivity index (χ4n) is 2.20. The minimum Gasteiger partial charge on any atom is -0.398 e. The van der Waals surface area contributed by atoms with Crippen molar-refractivity contribution in [1.29, 1.82) is 0 Å². The van der Waals surface area contributed by atoms with Gasteiger partial charge in [0, 0.05) is 12.7 Å². The summed E-state index contributed by atoms with van der Waals surface area (Å²) in [6.07, 6.45) is 0. The summed E-state index contributed by atoms with van der Waals surface area (Å²) >= 11 is 0. The number of hydrogen-bond donors (Lipinski definition) is 1. The van der Waals surface area contributed by atoms with Crippen molar-refractivity contribution >= 4 is 21.4 Å². The van der Waals surface area contributed by atoms with Gasteiger partial charge < -0.3 is 5.73 Å². The summed E-state index contributed by atoms with van der Waals surface area (Å²) in [7, 11) is -2.05. The fourth-order valence-corrected chi connectivity index (χ4v) is 3.59. The minimum absolute atomic E-state index is 0.315. The van der Waals surface area contributed by atoms with Crippen LogP contribution in [0.15, 0.2) is 41.3 Å². The highest BCUT2D eigenvalue weighted by atomic mass is 32.2. The highest BCUT2D eigenvalue weighted by Gasteiger charge is 2.23. The molecule has 4 nitrogen and oxygen atoms in total. The molecule has 0 aromatic heterocycles. The van der Waals surface area contributed by atoms with E-state index in [2.05, 4.69) is 0 Å². The van der Waals surface area contributed by atoms with Crippen molar-refractivity contribution in [2.45, 2.75) is 25.7 Å². The van der Waals surface area contributed by atoms with Gasteiger partial charge in [0.2, 0.25) is 0 Å². The van der Waals surface area contributed by atoms with Crippen molar-refractivity contribution in [3.63, 3.8) is 0 Å². The van der Waals surface area contributed by atoms with Gasteiger partial charge in [0.15, 0.2) is 0 Å². The number of sulfonamides is 1. The largest absolute Gasteiger partial charge is 0.398 e. The first-order valence-electron chi connectivity index (χ1n) is 6.66. The maximum atomic E-state index is 12.7. The van der Waals surface area contributed by atoms with Crippen LogP contribution >= 0.6 is 0 Å². The first-order valence-corrected chi connectivity index (χ1v) is 8.10. The van der Waals surface area contributed by atoms with Crippen molar-refractivity contribution in [3.05, 3.63) is 53.1 Å². The zero-order chi connectivity index (χ0) is 15.8. The molecule has 2 aromatic carbocycles. The number of nitrogen functional groups attached to an aromatic ring is 1. The summed E-state index contributed by atoms with van der Waals surface area (Å²) in [6, 6.07) is 10.6. The standard InChI is InChI=1S/C16H20N2O2S/c1-11-5-8-16(13(3)9-11)21(19,20)18(4)14-7-6-12(2)15(17)10-14/h5-10H,17H2,1-4H3. The Bertz CT molecular complexity index is 783. The molecule has 2 aromatic rings. The van der Waals surface area contributed by atoms with Gasteiger partial charge >= 0.3 is 0 Å². The Morgan fingerprint density at radius 2 is 1.62 bits per heavy atom. The highest BCUT2D eigenvalue weighted by Crippen LogP contribution is 2.27. The van der Waals surface area contributed by atoms with Gasteiger partial charge in [0.25, 0.3) is 10.0 Å². The molecular formula is C16H20N2O2S. The molecule has 5 heteroatoms. The molecular weight excluding hydrogens is 284 g/mol. The number of benzene rings is 2. The lowest BCUT2D eigenvalue weighted by Gasteiger charge is -2.21. The van der Waals surface area contributed by atoms with Crippen LogP contribution in [0.25, 0.3) is 0 Å². The summed E-state index contributed by atoms with van der Waals surface area (Å²) < 4.78 is 26.8.